The molecule has 5 nitrogen and oxygen atoms in total. The summed E-state index contributed by atoms with van der Waals surface area (Å²) in [5.41, 5.74) is 1.06. The summed E-state index contributed by atoms with van der Waals surface area (Å²) >= 11 is 0. The molecule has 120 valence electrons. The molecule has 1 aliphatic heterocycles. The van der Waals surface area contributed by atoms with Crippen LogP contribution in [0.25, 0.3) is 0 Å². The lowest BCUT2D eigenvalue weighted by Crippen LogP contribution is -2.60. The van der Waals surface area contributed by atoms with Crippen LogP contribution in [0.3, 0.4) is 0 Å². The number of amides is 1. The van der Waals surface area contributed by atoms with E-state index >= 15 is 0 Å². The predicted octanol–water partition coefficient (Wildman–Crippen LogP) is 2.83. The van der Waals surface area contributed by atoms with Crippen molar-refractivity contribution in [2.45, 2.75) is 44.8 Å². The van der Waals surface area contributed by atoms with E-state index in [1.54, 1.807) is 19.1 Å². The molecule has 1 fully saturated rings. The summed E-state index contributed by atoms with van der Waals surface area (Å²) in [5.74, 6) is -0.719. The maximum absolute atomic E-state index is 12.8. The second-order valence-corrected chi connectivity index (χ2v) is 5.50. The van der Waals surface area contributed by atoms with Crippen LogP contribution in [0.1, 0.15) is 31.7 Å². The fraction of sp³-hybridized carbons (Fsp3) is 0.500. The molecule has 0 aliphatic carbocycles. The van der Waals surface area contributed by atoms with Crippen LogP contribution in [0.15, 0.2) is 24.3 Å². The number of rotatable bonds is 7. The number of carbonyl (C=O) groups is 2. The van der Waals surface area contributed by atoms with Crippen LogP contribution >= 0.6 is 0 Å². The summed E-state index contributed by atoms with van der Waals surface area (Å²) in [6, 6.07) is 5.71. The minimum atomic E-state index is -1.09. The quantitative estimate of drug-likeness (QED) is 0.621. The molecule has 0 spiro atoms. The van der Waals surface area contributed by atoms with Gasteiger partial charge in [-0.25, -0.2) is 14.0 Å². The second-order valence-electron chi connectivity index (χ2n) is 5.50. The lowest BCUT2D eigenvalue weighted by Gasteiger charge is -2.39. The summed E-state index contributed by atoms with van der Waals surface area (Å²) in [7, 11) is 0. The van der Waals surface area contributed by atoms with Crippen molar-refractivity contribution in [1.82, 2.24) is 4.90 Å². The Morgan fingerprint density at radius 3 is 2.50 bits per heavy atom. The summed E-state index contributed by atoms with van der Waals surface area (Å²) in [6.07, 6.45) is 1.79. The number of benzene rings is 1. The standard InChI is InChI=1S/C16H20FNO4/c1-11-14(15(19)22-11)18(16(20)21)10-4-2-3-5-12-6-8-13(17)9-7-12/h6-9,11,14H,2-5,10H2,1H3,(H,20,21)/t11-,14+/m0/s1. The van der Waals surface area contributed by atoms with Crippen LogP contribution < -0.4 is 0 Å². The van der Waals surface area contributed by atoms with Crippen LogP contribution in [-0.4, -0.2) is 40.8 Å². The third-order valence-corrected chi connectivity index (χ3v) is 3.85. The Labute approximate surface area is 128 Å². The highest BCUT2D eigenvalue weighted by atomic mass is 19.1. The van der Waals surface area contributed by atoms with Gasteiger partial charge in [-0.2, -0.15) is 0 Å². The number of carbonyl (C=O) groups excluding carboxylic acids is 1. The predicted molar refractivity (Wildman–Crippen MR) is 78.0 cm³/mol. The molecular weight excluding hydrogens is 289 g/mol. The van der Waals surface area contributed by atoms with Crippen molar-refractivity contribution < 1.29 is 23.8 Å². The normalized spacial score (nSPS) is 20.2. The largest absolute Gasteiger partial charge is 0.465 e. The number of halogens is 1. The van der Waals surface area contributed by atoms with Gasteiger partial charge in [0.15, 0.2) is 6.04 Å². The van der Waals surface area contributed by atoms with Gasteiger partial charge >= 0.3 is 12.1 Å². The first kappa shape index (κ1) is 16.3. The van der Waals surface area contributed by atoms with Gasteiger partial charge in [0.2, 0.25) is 0 Å². The van der Waals surface area contributed by atoms with E-state index in [1.165, 1.54) is 12.1 Å². The molecule has 1 amide bonds. The minimum Gasteiger partial charge on any atom is -0.465 e. The van der Waals surface area contributed by atoms with E-state index in [2.05, 4.69) is 0 Å². The van der Waals surface area contributed by atoms with E-state index in [9.17, 15) is 19.1 Å². The average Bonchev–Trinajstić information content (AvgIpc) is 2.47. The Morgan fingerprint density at radius 1 is 1.27 bits per heavy atom. The third-order valence-electron chi connectivity index (χ3n) is 3.85. The molecule has 0 unspecified atom stereocenters. The lowest BCUT2D eigenvalue weighted by atomic mass is 10.0. The van der Waals surface area contributed by atoms with Gasteiger partial charge in [-0.05, 0) is 43.9 Å². The first-order valence-electron chi connectivity index (χ1n) is 7.43. The first-order valence-corrected chi connectivity index (χ1v) is 7.43. The molecule has 2 rings (SSSR count). The Kier molecular flexibility index (Phi) is 5.35. The van der Waals surface area contributed by atoms with Crippen molar-refractivity contribution in [2.75, 3.05) is 6.54 Å². The van der Waals surface area contributed by atoms with Crippen LogP contribution in [0.4, 0.5) is 9.18 Å². The monoisotopic (exact) mass is 309 g/mol. The van der Waals surface area contributed by atoms with E-state index < -0.39 is 18.1 Å². The van der Waals surface area contributed by atoms with Crippen LogP contribution in [0.2, 0.25) is 0 Å². The van der Waals surface area contributed by atoms with Crippen molar-refractivity contribution in [1.29, 1.82) is 0 Å². The highest BCUT2D eigenvalue weighted by Gasteiger charge is 2.45. The van der Waals surface area contributed by atoms with Crippen molar-refractivity contribution in [2.24, 2.45) is 0 Å². The average molecular weight is 309 g/mol. The Bertz CT molecular complexity index is 531. The van der Waals surface area contributed by atoms with Gasteiger partial charge in [-0.1, -0.05) is 18.6 Å². The van der Waals surface area contributed by atoms with Crippen molar-refractivity contribution >= 4 is 12.1 Å². The number of hydrogen-bond donors (Lipinski definition) is 1. The van der Waals surface area contributed by atoms with Gasteiger partial charge in [0.1, 0.15) is 11.9 Å². The van der Waals surface area contributed by atoms with Crippen LogP contribution in [0, 0.1) is 5.82 Å². The second kappa shape index (κ2) is 7.24. The number of esters is 1. The number of cyclic esters (lactones) is 1. The Balaban J connectivity index is 1.71. The number of nitrogens with zero attached hydrogens (tertiary/aromatic N) is 1. The van der Waals surface area contributed by atoms with E-state index in [4.69, 9.17) is 4.74 Å². The zero-order valence-corrected chi connectivity index (χ0v) is 12.5. The molecule has 1 aromatic carbocycles. The molecule has 0 saturated carbocycles. The van der Waals surface area contributed by atoms with Gasteiger partial charge in [0, 0.05) is 6.54 Å². The Morgan fingerprint density at radius 2 is 1.95 bits per heavy atom. The van der Waals surface area contributed by atoms with Crippen LogP contribution in [-0.2, 0) is 16.0 Å². The third kappa shape index (κ3) is 3.96. The van der Waals surface area contributed by atoms with Gasteiger partial charge in [-0.3, -0.25) is 4.90 Å². The van der Waals surface area contributed by atoms with Crippen molar-refractivity contribution in [3.63, 3.8) is 0 Å². The molecule has 0 aromatic heterocycles. The number of aryl methyl sites for hydroxylation is 1. The maximum atomic E-state index is 12.8. The number of carboxylic acid groups (broad SMARTS) is 1. The van der Waals surface area contributed by atoms with Gasteiger partial charge in [-0.15, -0.1) is 0 Å². The lowest BCUT2D eigenvalue weighted by molar-refractivity contribution is -0.183. The Hall–Kier alpha value is -2.11. The van der Waals surface area contributed by atoms with Crippen molar-refractivity contribution in [3.05, 3.63) is 35.6 Å². The fourth-order valence-electron chi connectivity index (χ4n) is 2.61. The topological polar surface area (TPSA) is 66.8 Å². The summed E-state index contributed by atoms with van der Waals surface area (Å²) < 4.78 is 17.6. The molecule has 1 heterocycles. The molecular formula is C16H20FNO4. The summed E-state index contributed by atoms with van der Waals surface area (Å²) in [6.45, 7) is 2.01. The maximum Gasteiger partial charge on any atom is 0.408 e. The molecule has 1 aliphatic rings. The number of unbranched alkanes of at least 4 members (excludes halogenated alkanes) is 2. The molecule has 22 heavy (non-hydrogen) atoms. The molecule has 1 N–H and O–H groups in total. The summed E-state index contributed by atoms with van der Waals surface area (Å²) in [5, 5.41) is 9.19. The van der Waals surface area contributed by atoms with Gasteiger partial charge in [0.25, 0.3) is 0 Å². The van der Waals surface area contributed by atoms with E-state index in [1.807, 2.05) is 0 Å². The summed E-state index contributed by atoms with van der Waals surface area (Å²) in [4.78, 5) is 23.7. The van der Waals surface area contributed by atoms with Gasteiger partial charge < -0.3 is 9.84 Å². The molecule has 2 atom stereocenters. The molecule has 0 radical (unpaired) electrons. The fourth-order valence-corrected chi connectivity index (χ4v) is 2.61. The van der Waals surface area contributed by atoms with E-state index in [0.29, 0.717) is 13.0 Å². The number of ether oxygens (including phenoxy) is 1. The zero-order chi connectivity index (χ0) is 16.1. The van der Waals surface area contributed by atoms with E-state index in [0.717, 1.165) is 29.7 Å². The van der Waals surface area contributed by atoms with Crippen molar-refractivity contribution in [3.8, 4) is 0 Å². The molecule has 0 bridgehead atoms. The smallest absolute Gasteiger partial charge is 0.408 e. The highest BCUT2D eigenvalue weighted by molar-refractivity contribution is 5.85. The zero-order valence-electron chi connectivity index (χ0n) is 12.5. The SMILES string of the molecule is C[C@@H]1OC(=O)[C@@H]1N(CCCCCc1ccc(F)cc1)C(=O)O. The van der Waals surface area contributed by atoms with Crippen LogP contribution in [0.5, 0.6) is 0 Å². The molecule has 1 saturated heterocycles. The van der Waals surface area contributed by atoms with Gasteiger partial charge in [0.05, 0.1) is 0 Å². The first-order chi connectivity index (χ1) is 10.5. The van der Waals surface area contributed by atoms with E-state index in [-0.39, 0.29) is 11.9 Å². The highest BCUT2D eigenvalue weighted by Crippen LogP contribution is 2.21. The minimum absolute atomic E-state index is 0.248. The molecule has 6 heteroatoms. The molecule has 1 aromatic rings. The number of hydrogen-bond acceptors (Lipinski definition) is 3.